The van der Waals surface area contributed by atoms with Crippen LogP contribution in [0.1, 0.15) is 22.3 Å². The predicted octanol–water partition coefficient (Wildman–Crippen LogP) is 6.61. The number of hydrogen-bond donors (Lipinski definition) is 2. The highest BCUT2D eigenvalue weighted by Crippen LogP contribution is 2.59. The van der Waals surface area contributed by atoms with Gasteiger partial charge in [-0.2, -0.15) is 0 Å². The summed E-state index contributed by atoms with van der Waals surface area (Å²) in [6, 6.07) is 36.0. The predicted molar refractivity (Wildman–Crippen MR) is 125 cm³/mol. The molecule has 0 aromatic heterocycles. The van der Waals surface area contributed by atoms with Gasteiger partial charge in [0.1, 0.15) is 11.5 Å². The van der Waals surface area contributed by atoms with Gasteiger partial charge in [-0.05, 0) is 57.3 Å². The number of hydrogen-bond acceptors (Lipinski definition) is 2. The quantitative estimate of drug-likeness (QED) is 0.343. The smallest absolute Gasteiger partial charge is 0.120 e. The van der Waals surface area contributed by atoms with Gasteiger partial charge in [0.05, 0.1) is 5.41 Å². The minimum atomic E-state index is -0.827. The van der Waals surface area contributed by atoms with E-state index in [1.165, 1.54) is 5.39 Å². The van der Waals surface area contributed by atoms with E-state index in [1.54, 1.807) is 12.1 Å². The Morgan fingerprint density at radius 1 is 0.419 bits per heavy atom. The highest BCUT2D eigenvalue weighted by Gasteiger charge is 2.48. The second-order valence-corrected chi connectivity index (χ2v) is 8.07. The summed E-state index contributed by atoms with van der Waals surface area (Å²) < 4.78 is 0. The molecule has 0 atom stereocenters. The SMILES string of the molecule is Oc1ccccc1C1(c2ccccc2O)c2ccccc2-c2cc3ccccc3cc21. The number of rotatable bonds is 2. The molecule has 0 radical (unpaired) electrons. The van der Waals surface area contributed by atoms with Gasteiger partial charge in [0.2, 0.25) is 0 Å². The van der Waals surface area contributed by atoms with Crippen LogP contribution in [0.25, 0.3) is 21.9 Å². The van der Waals surface area contributed by atoms with Gasteiger partial charge in [0, 0.05) is 11.1 Å². The van der Waals surface area contributed by atoms with E-state index in [2.05, 4.69) is 42.5 Å². The minimum Gasteiger partial charge on any atom is -0.508 e. The molecule has 0 saturated carbocycles. The average Bonchev–Trinajstić information content (AvgIpc) is 3.08. The Balaban J connectivity index is 1.87. The fourth-order valence-electron chi connectivity index (χ4n) is 5.27. The molecule has 0 unspecified atom stereocenters. The Bertz CT molecular complexity index is 1420. The molecule has 1 aliphatic rings. The molecule has 2 N–H and O–H groups in total. The zero-order valence-electron chi connectivity index (χ0n) is 16.8. The molecule has 5 aromatic carbocycles. The van der Waals surface area contributed by atoms with Crippen LogP contribution in [0, 0.1) is 0 Å². The molecule has 0 amide bonds. The van der Waals surface area contributed by atoms with Crippen LogP contribution in [0.15, 0.2) is 109 Å². The maximum absolute atomic E-state index is 11.1. The minimum absolute atomic E-state index is 0.210. The van der Waals surface area contributed by atoms with Crippen molar-refractivity contribution < 1.29 is 10.2 Å². The summed E-state index contributed by atoms with van der Waals surface area (Å²) >= 11 is 0. The first kappa shape index (κ1) is 17.8. The van der Waals surface area contributed by atoms with E-state index in [-0.39, 0.29) is 11.5 Å². The van der Waals surface area contributed by atoms with Gasteiger partial charge >= 0.3 is 0 Å². The van der Waals surface area contributed by atoms with Gasteiger partial charge in [-0.15, -0.1) is 0 Å². The third kappa shape index (κ3) is 2.33. The molecular formula is C29H20O2. The van der Waals surface area contributed by atoms with Crippen molar-refractivity contribution in [3.05, 3.63) is 131 Å². The molecule has 0 aliphatic heterocycles. The Labute approximate surface area is 180 Å². The van der Waals surface area contributed by atoms with Crippen molar-refractivity contribution in [3.63, 3.8) is 0 Å². The molecule has 0 spiro atoms. The van der Waals surface area contributed by atoms with Crippen LogP contribution in [-0.4, -0.2) is 10.2 Å². The number of phenols is 2. The fourth-order valence-corrected chi connectivity index (χ4v) is 5.27. The molecule has 0 bridgehead atoms. The number of fused-ring (bicyclic) bond motifs is 4. The lowest BCUT2D eigenvalue weighted by atomic mass is 9.67. The molecule has 5 aromatic rings. The van der Waals surface area contributed by atoms with Crippen LogP contribution in [0.2, 0.25) is 0 Å². The first-order chi connectivity index (χ1) is 15.2. The summed E-state index contributed by atoms with van der Waals surface area (Å²) in [4.78, 5) is 0. The monoisotopic (exact) mass is 400 g/mol. The van der Waals surface area contributed by atoms with Crippen molar-refractivity contribution in [3.8, 4) is 22.6 Å². The van der Waals surface area contributed by atoms with Crippen LogP contribution >= 0.6 is 0 Å². The van der Waals surface area contributed by atoms with Gasteiger partial charge < -0.3 is 10.2 Å². The Morgan fingerprint density at radius 3 is 1.52 bits per heavy atom. The molecule has 2 heteroatoms. The van der Waals surface area contributed by atoms with Crippen LogP contribution in [0.4, 0.5) is 0 Å². The zero-order chi connectivity index (χ0) is 21.0. The lowest BCUT2D eigenvalue weighted by molar-refractivity contribution is 0.448. The lowest BCUT2D eigenvalue weighted by Crippen LogP contribution is -2.28. The number of para-hydroxylation sites is 2. The lowest BCUT2D eigenvalue weighted by Gasteiger charge is -2.34. The molecule has 1 aliphatic carbocycles. The number of benzene rings is 5. The van der Waals surface area contributed by atoms with Crippen molar-refractivity contribution in [2.45, 2.75) is 5.41 Å². The first-order valence-electron chi connectivity index (χ1n) is 10.4. The number of phenolic OH excluding ortho intramolecular Hbond substituents is 2. The summed E-state index contributed by atoms with van der Waals surface area (Å²) in [6.07, 6.45) is 0. The molecule has 0 fully saturated rings. The summed E-state index contributed by atoms with van der Waals surface area (Å²) in [5.74, 6) is 0.420. The van der Waals surface area contributed by atoms with Crippen molar-refractivity contribution in [2.24, 2.45) is 0 Å². The van der Waals surface area contributed by atoms with Crippen molar-refractivity contribution in [2.75, 3.05) is 0 Å². The van der Waals surface area contributed by atoms with Crippen molar-refractivity contribution in [1.82, 2.24) is 0 Å². The molecule has 2 nitrogen and oxygen atoms in total. The van der Waals surface area contributed by atoms with Gasteiger partial charge in [-0.25, -0.2) is 0 Å². The maximum atomic E-state index is 11.1. The van der Waals surface area contributed by atoms with Gasteiger partial charge in [0.15, 0.2) is 0 Å². The van der Waals surface area contributed by atoms with E-state index >= 15 is 0 Å². The third-order valence-electron chi connectivity index (χ3n) is 6.53. The van der Waals surface area contributed by atoms with E-state index in [0.29, 0.717) is 0 Å². The maximum Gasteiger partial charge on any atom is 0.120 e. The molecule has 0 saturated heterocycles. The molecular weight excluding hydrogens is 380 g/mol. The number of aromatic hydroxyl groups is 2. The van der Waals surface area contributed by atoms with Crippen LogP contribution in [0.3, 0.4) is 0 Å². The second-order valence-electron chi connectivity index (χ2n) is 8.07. The van der Waals surface area contributed by atoms with Gasteiger partial charge in [0.25, 0.3) is 0 Å². The summed E-state index contributed by atoms with van der Waals surface area (Å²) in [5, 5.41) is 24.4. The fraction of sp³-hybridized carbons (Fsp3) is 0.0345. The summed E-state index contributed by atoms with van der Waals surface area (Å²) in [5.41, 5.74) is 5.07. The second kappa shape index (κ2) is 6.48. The van der Waals surface area contributed by atoms with E-state index in [4.69, 9.17) is 0 Å². The largest absolute Gasteiger partial charge is 0.508 e. The van der Waals surface area contributed by atoms with Crippen LogP contribution < -0.4 is 0 Å². The van der Waals surface area contributed by atoms with Crippen molar-refractivity contribution in [1.29, 1.82) is 0 Å². The van der Waals surface area contributed by atoms with E-state index < -0.39 is 5.41 Å². The Hall–Kier alpha value is -4.04. The molecule has 6 rings (SSSR count). The third-order valence-corrected chi connectivity index (χ3v) is 6.53. The Kier molecular flexibility index (Phi) is 3.72. The molecule has 31 heavy (non-hydrogen) atoms. The van der Waals surface area contributed by atoms with Crippen LogP contribution in [0.5, 0.6) is 11.5 Å². The van der Waals surface area contributed by atoms with Crippen molar-refractivity contribution >= 4 is 10.8 Å². The topological polar surface area (TPSA) is 40.5 Å². The average molecular weight is 400 g/mol. The standard InChI is InChI=1S/C29H20O2/c30-27-15-7-5-13-24(27)29(25-14-6-8-16-28(25)31)23-12-4-3-11-21(23)22-17-19-9-1-2-10-20(19)18-26(22)29/h1-18,30-31H. The molecule has 0 heterocycles. The first-order valence-corrected chi connectivity index (χ1v) is 10.4. The molecule has 148 valence electrons. The van der Waals surface area contributed by atoms with E-state index in [0.717, 1.165) is 38.8 Å². The van der Waals surface area contributed by atoms with E-state index in [1.807, 2.05) is 54.6 Å². The zero-order valence-corrected chi connectivity index (χ0v) is 16.8. The van der Waals surface area contributed by atoms with E-state index in [9.17, 15) is 10.2 Å². The van der Waals surface area contributed by atoms with Crippen LogP contribution in [-0.2, 0) is 5.41 Å². The normalized spacial score (nSPS) is 13.7. The highest BCUT2D eigenvalue weighted by atomic mass is 16.3. The summed E-state index contributed by atoms with van der Waals surface area (Å²) in [7, 11) is 0. The summed E-state index contributed by atoms with van der Waals surface area (Å²) in [6.45, 7) is 0. The Morgan fingerprint density at radius 2 is 0.903 bits per heavy atom. The van der Waals surface area contributed by atoms with Gasteiger partial charge in [-0.3, -0.25) is 0 Å². The van der Waals surface area contributed by atoms with Gasteiger partial charge in [-0.1, -0.05) is 84.9 Å². The highest BCUT2D eigenvalue weighted by molar-refractivity contribution is 5.96.